The minimum atomic E-state index is -0.744. The second-order valence-electron chi connectivity index (χ2n) is 2.44. The van der Waals surface area contributed by atoms with Gasteiger partial charge in [0.05, 0.1) is 0 Å². The van der Waals surface area contributed by atoms with E-state index in [2.05, 4.69) is 12.6 Å². The van der Waals surface area contributed by atoms with Gasteiger partial charge in [-0.05, 0) is 13.0 Å². The van der Waals surface area contributed by atoms with Crippen LogP contribution >= 0.6 is 24.2 Å². The summed E-state index contributed by atoms with van der Waals surface area (Å²) >= 11 is 9.36. The zero-order valence-electron chi connectivity index (χ0n) is 6.31. The van der Waals surface area contributed by atoms with E-state index >= 15 is 0 Å². The minimum Gasteiger partial charge on any atom is -0.205 e. The van der Waals surface area contributed by atoms with Crippen LogP contribution in [0, 0.1) is 11.6 Å². The van der Waals surface area contributed by atoms with Crippen molar-refractivity contribution in [3.63, 3.8) is 0 Å². The molecule has 0 aromatic heterocycles. The van der Waals surface area contributed by atoms with E-state index in [0.717, 1.165) is 6.07 Å². The van der Waals surface area contributed by atoms with Gasteiger partial charge < -0.3 is 0 Å². The molecule has 4 heteroatoms. The van der Waals surface area contributed by atoms with Crippen molar-refractivity contribution in [1.29, 1.82) is 0 Å². The maximum atomic E-state index is 13.1. The third kappa shape index (κ3) is 1.72. The summed E-state index contributed by atoms with van der Waals surface area (Å²) in [6.45, 7) is 1.69. The molecule has 0 amide bonds. The van der Waals surface area contributed by atoms with Gasteiger partial charge in [-0.3, -0.25) is 0 Å². The van der Waals surface area contributed by atoms with Gasteiger partial charge in [0.1, 0.15) is 16.7 Å². The molecular formula is C8H7ClF2S. The van der Waals surface area contributed by atoms with E-state index in [0.29, 0.717) is 5.56 Å². The maximum Gasteiger partial charge on any atom is 0.149 e. The first-order chi connectivity index (χ1) is 5.54. The average Bonchev–Trinajstić information content (AvgIpc) is 2.00. The van der Waals surface area contributed by atoms with Gasteiger partial charge in [0, 0.05) is 10.8 Å². The van der Waals surface area contributed by atoms with E-state index in [4.69, 9.17) is 11.6 Å². The van der Waals surface area contributed by atoms with Gasteiger partial charge in [-0.25, -0.2) is 8.78 Å². The number of hydrogen-bond acceptors (Lipinski definition) is 1. The summed E-state index contributed by atoms with van der Waals surface area (Å²) < 4.78 is 25.7. The Balaban J connectivity index is 3.27. The predicted molar refractivity (Wildman–Crippen MR) is 48.8 cm³/mol. The predicted octanol–water partition coefficient (Wildman–Crippen LogP) is 3.61. The molecule has 0 bridgehead atoms. The summed E-state index contributed by atoms with van der Waals surface area (Å²) in [6, 6.07) is 2.47. The van der Waals surface area contributed by atoms with Crippen molar-refractivity contribution in [2.45, 2.75) is 12.2 Å². The SMILES string of the molecule is CC(S)c1ccc(F)c(Cl)c1F. The highest BCUT2D eigenvalue weighted by molar-refractivity contribution is 7.80. The Morgan fingerprint density at radius 3 is 2.50 bits per heavy atom. The Kier molecular flexibility index (Phi) is 2.96. The van der Waals surface area contributed by atoms with E-state index in [1.54, 1.807) is 6.92 Å². The molecular weight excluding hydrogens is 202 g/mol. The Bertz CT molecular complexity index is 299. The topological polar surface area (TPSA) is 0 Å². The molecule has 0 saturated carbocycles. The molecule has 1 atom stereocenters. The van der Waals surface area contributed by atoms with E-state index in [-0.39, 0.29) is 5.25 Å². The lowest BCUT2D eigenvalue weighted by Crippen LogP contribution is -1.93. The smallest absolute Gasteiger partial charge is 0.149 e. The van der Waals surface area contributed by atoms with E-state index in [9.17, 15) is 8.78 Å². The summed E-state index contributed by atoms with van der Waals surface area (Å²) in [4.78, 5) is 0. The molecule has 0 saturated heterocycles. The number of benzene rings is 1. The first kappa shape index (κ1) is 9.81. The fourth-order valence-corrected chi connectivity index (χ4v) is 1.24. The number of thiol groups is 1. The summed E-state index contributed by atoms with van der Waals surface area (Å²) in [5.74, 6) is -1.47. The van der Waals surface area contributed by atoms with Crippen LogP contribution < -0.4 is 0 Å². The molecule has 1 aromatic carbocycles. The van der Waals surface area contributed by atoms with E-state index in [1.807, 2.05) is 0 Å². The zero-order chi connectivity index (χ0) is 9.30. The molecule has 0 N–H and O–H groups in total. The van der Waals surface area contributed by atoms with Crippen LogP contribution in [0.2, 0.25) is 5.02 Å². The molecule has 1 rings (SSSR count). The van der Waals surface area contributed by atoms with Crippen LogP contribution in [0.25, 0.3) is 0 Å². The summed E-state index contributed by atoms with van der Waals surface area (Å²) in [6.07, 6.45) is 0. The maximum absolute atomic E-state index is 13.1. The molecule has 0 radical (unpaired) electrons. The van der Waals surface area contributed by atoms with Gasteiger partial charge in [0.2, 0.25) is 0 Å². The fraction of sp³-hybridized carbons (Fsp3) is 0.250. The second-order valence-corrected chi connectivity index (χ2v) is 3.59. The second kappa shape index (κ2) is 3.62. The highest BCUT2D eigenvalue weighted by Gasteiger charge is 2.13. The van der Waals surface area contributed by atoms with Gasteiger partial charge in [-0.2, -0.15) is 12.6 Å². The van der Waals surface area contributed by atoms with Crippen LogP contribution in [-0.4, -0.2) is 0 Å². The van der Waals surface area contributed by atoms with Crippen LogP contribution in [0.15, 0.2) is 12.1 Å². The third-order valence-electron chi connectivity index (χ3n) is 1.52. The molecule has 1 unspecified atom stereocenters. The summed E-state index contributed by atoms with van der Waals surface area (Å²) in [5.41, 5.74) is 0.310. The number of rotatable bonds is 1. The molecule has 1 aromatic rings. The molecule has 0 nitrogen and oxygen atoms in total. The zero-order valence-corrected chi connectivity index (χ0v) is 7.96. The minimum absolute atomic E-state index is 0.289. The molecule has 12 heavy (non-hydrogen) atoms. The van der Waals surface area contributed by atoms with Gasteiger partial charge in [-0.1, -0.05) is 17.7 Å². The van der Waals surface area contributed by atoms with Crippen molar-refractivity contribution in [1.82, 2.24) is 0 Å². The lowest BCUT2D eigenvalue weighted by molar-refractivity contribution is 0.574. The Morgan fingerprint density at radius 2 is 2.00 bits per heavy atom. The van der Waals surface area contributed by atoms with E-state index < -0.39 is 16.7 Å². The molecule has 0 aliphatic carbocycles. The van der Waals surface area contributed by atoms with Crippen LogP contribution in [0.1, 0.15) is 17.7 Å². The molecule has 66 valence electrons. The van der Waals surface area contributed by atoms with Gasteiger partial charge in [0.25, 0.3) is 0 Å². The Hall–Kier alpha value is -0.280. The van der Waals surface area contributed by atoms with Gasteiger partial charge in [0.15, 0.2) is 0 Å². The van der Waals surface area contributed by atoms with Gasteiger partial charge >= 0.3 is 0 Å². The van der Waals surface area contributed by atoms with Crippen molar-refractivity contribution in [2.75, 3.05) is 0 Å². The van der Waals surface area contributed by atoms with Gasteiger partial charge in [-0.15, -0.1) is 0 Å². The number of hydrogen-bond donors (Lipinski definition) is 1. The van der Waals surface area contributed by atoms with E-state index in [1.165, 1.54) is 6.07 Å². The van der Waals surface area contributed by atoms with Crippen LogP contribution in [0.4, 0.5) is 8.78 Å². The first-order valence-electron chi connectivity index (χ1n) is 3.35. The van der Waals surface area contributed by atoms with Crippen LogP contribution in [-0.2, 0) is 0 Å². The monoisotopic (exact) mass is 208 g/mol. The normalized spacial score (nSPS) is 13.1. The fourth-order valence-electron chi connectivity index (χ4n) is 0.863. The first-order valence-corrected chi connectivity index (χ1v) is 4.25. The van der Waals surface area contributed by atoms with Crippen molar-refractivity contribution in [2.24, 2.45) is 0 Å². The lowest BCUT2D eigenvalue weighted by Gasteiger charge is -2.07. The molecule has 0 aliphatic rings. The van der Waals surface area contributed by atoms with Crippen molar-refractivity contribution in [3.8, 4) is 0 Å². The standard InChI is InChI=1S/C8H7ClF2S/c1-4(12)5-2-3-6(10)7(9)8(5)11/h2-4,12H,1H3. The quantitative estimate of drug-likeness (QED) is 0.529. The molecule has 0 heterocycles. The molecule has 0 fully saturated rings. The molecule has 0 aliphatic heterocycles. The highest BCUT2D eigenvalue weighted by atomic mass is 35.5. The Labute approximate surface area is 80.0 Å². The lowest BCUT2D eigenvalue weighted by atomic mass is 10.1. The average molecular weight is 209 g/mol. The van der Waals surface area contributed by atoms with Crippen LogP contribution in [0.5, 0.6) is 0 Å². The van der Waals surface area contributed by atoms with Crippen molar-refractivity contribution >= 4 is 24.2 Å². The Morgan fingerprint density at radius 1 is 1.42 bits per heavy atom. The molecule has 0 spiro atoms. The largest absolute Gasteiger partial charge is 0.205 e. The number of halogens is 3. The summed E-state index contributed by atoms with van der Waals surface area (Å²) in [7, 11) is 0. The summed E-state index contributed by atoms with van der Waals surface area (Å²) in [5, 5.41) is -0.753. The third-order valence-corrected chi connectivity index (χ3v) is 2.14. The van der Waals surface area contributed by atoms with Crippen molar-refractivity contribution < 1.29 is 8.78 Å². The van der Waals surface area contributed by atoms with Crippen molar-refractivity contribution in [3.05, 3.63) is 34.4 Å². The highest BCUT2D eigenvalue weighted by Crippen LogP contribution is 2.28. The van der Waals surface area contributed by atoms with Crippen LogP contribution in [0.3, 0.4) is 0 Å².